The maximum Gasteiger partial charge on any atom is 0.338 e. The molecule has 0 saturated carbocycles. The van der Waals surface area contributed by atoms with Crippen molar-refractivity contribution in [2.45, 2.75) is 57.2 Å². The van der Waals surface area contributed by atoms with Crippen LogP contribution >= 0.6 is 0 Å². The largest absolute Gasteiger partial charge is 0.463 e. The molecule has 0 unspecified atom stereocenters. The third kappa shape index (κ3) is 9.92. The fraction of sp³-hybridized carbons (Fsp3) is 0.213. The van der Waals surface area contributed by atoms with Crippen LogP contribution < -0.4 is 14.9 Å². The van der Waals surface area contributed by atoms with Gasteiger partial charge in [-0.25, -0.2) is 14.4 Å². The number of fused-ring (bicyclic) bond motifs is 1. The highest BCUT2D eigenvalue weighted by Gasteiger charge is 2.52. The Labute approximate surface area is 339 Å². The molecular weight excluding hydrogens is 757 g/mol. The monoisotopic (exact) mass is 796 g/mol. The van der Waals surface area contributed by atoms with Crippen molar-refractivity contribution < 1.29 is 52.0 Å². The zero-order valence-corrected chi connectivity index (χ0v) is 32.0. The first-order valence-corrected chi connectivity index (χ1v) is 19.2. The molecule has 1 fully saturated rings. The van der Waals surface area contributed by atoms with Crippen molar-refractivity contribution in [3.8, 4) is 22.6 Å². The molecule has 6 aromatic rings. The molecule has 0 amide bonds. The van der Waals surface area contributed by atoms with Gasteiger partial charge in [0.2, 0.25) is 12.4 Å². The summed E-state index contributed by atoms with van der Waals surface area (Å²) in [5.41, 5.74) is 1.46. The Morgan fingerprint density at radius 2 is 1.22 bits per heavy atom. The highest BCUT2D eigenvalue weighted by Crippen LogP contribution is 2.33. The molecule has 0 spiro atoms. The lowest BCUT2D eigenvalue weighted by Gasteiger charge is -2.24. The SMILES string of the molecule is CCCCCC(=O)Oc1ccc(-c2coc3cc(O[C@H]4O[C@H](COC(=O)c5ccccc5)[C@@H](OC(=O)c5ccccc5)[C@@H]4OC(=O)c4ccccc4)ccc3c2=O)cc1. The van der Waals surface area contributed by atoms with Crippen LogP contribution in [0.25, 0.3) is 22.1 Å². The second-order valence-corrected chi connectivity index (χ2v) is 13.7. The summed E-state index contributed by atoms with van der Waals surface area (Å²) in [7, 11) is 0. The third-order valence-electron chi connectivity index (χ3n) is 9.54. The number of unbranched alkanes of at least 4 members (excludes halogenated alkanes) is 2. The van der Waals surface area contributed by atoms with Gasteiger partial charge in [0, 0.05) is 12.5 Å². The van der Waals surface area contributed by atoms with Gasteiger partial charge in [0.05, 0.1) is 27.6 Å². The van der Waals surface area contributed by atoms with Gasteiger partial charge in [0.15, 0.2) is 11.5 Å². The first-order valence-electron chi connectivity index (χ1n) is 19.2. The Morgan fingerprint density at radius 1 is 0.644 bits per heavy atom. The van der Waals surface area contributed by atoms with E-state index in [9.17, 15) is 24.0 Å². The quantitative estimate of drug-likeness (QED) is 0.0425. The Hall–Kier alpha value is -7.05. The lowest BCUT2D eigenvalue weighted by Crippen LogP contribution is -2.43. The van der Waals surface area contributed by atoms with Gasteiger partial charge in [-0.3, -0.25) is 9.59 Å². The molecule has 5 aromatic carbocycles. The summed E-state index contributed by atoms with van der Waals surface area (Å²) >= 11 is 0. The first-order chi connectivity index (χ1) is 28.8. The molecule has 0 N–H and O–H groups in total. The van der Waals surface area contributed by atoms with Crippen LogP contribution in [0.4, 0.5) is 0 Å². The smallest absolute Gasteiger partial charge is 0.338 e. The Morgan fingerprint density at radius 3 is 1.83 bits per heavy atom. The second-order valence-electron chi connectivity index (χ2n) is 13.7. The summed E-state index contributed by atoms with van der Waals surface area (Å²) in [4.78, 5) is 65.8. The predicted molar refractivity (Wildman–Crippen MR) is 215 cm³/mol. The van der Waals surface area contributed by atoms with E-state index >= 15 is 0 Å². The number of rotatable bonds is 15. The molecule has 7 rings (SSSR count). The minimum absolute atomic E-state index is 0.166. The minimum Gasteiger partial charge on any atom is -0.463 e. The molecule has 2 heterocycles. The highest BCUT2D eigenvalue weighted by molar-refractivity contribution is 5.91. The van der Waals surface area contributed by atoms with Crippen LogP contribution in [0.5, 0.6) is 11.5 Å². The summed E-state index contributed by atoms with van der Waals surface area (Å²) in [5, 5.41) is 0.251. The standard InChI is InChI=1S/C47H40O12/c1-2-3-7-20-40(48)55-34-23-21-30(22-24-34)37-28-53-38-27-35(25-26-36(38)41(37)49)56-47-43(59-46(52)33-18-12-6-13-19-33)42(58-45(51)32-16-10-5-11-17-32)39(57-47)29-54-44(50)31-14-8-4-9-15-31/h4-6,8-19,21-28,39,42-43,47H,2-3,7,20,29H2,1H3/t39-,42-,43+,47+/m1/s1. The summed E-state index contributed by atoms with van der Waals surface area (Å²) in [6, 6.07) is 35.9. The van der Waals surface area contributed by atoms with E-state index in [0.29, 0.717) is 23.3 Å². The van der Waals surface area contributed by atoms with Gasteiger partial charge in [0.1, 0.15) is 36.1 Å². The van der Waals surface area contributed by atoms with Crippen LogP contribution in [0.3, 0.4) is 0 Å². The highest BCUT2D eigenvalue weighted by atomic mass is 16.7. The topological polar surface area (TPSA) is 154 Å². The van der Waals surface area contributed by atoms with E-state index in [1.54, 1.807) is 115 Å². The number of hydrogen-bond acceptors (Lipinski definition) is 12. The van der Waals surface area contributed by atoms with Crippen molar-refractivity contribution in [1.82, 2.24) is 0 Å². The van der Waals surface area contributed by atoms with Crippen molar-refractivity contribution >= 4 is 34.8 Å². The van der Waals surface area contributed by atoms with E-state index < -0.39 is 49.1 Å². The molecule has 300 valence electrons. The van der Waals surface area contributed by atoms with Crippen LogP contribution in [-0.4, -0.2) is 55.1 Å². The van der Waals surface area contributed by atoms with Crippen molar-refractivity contribution in [3.05, 3.63) is 167 Å². The van der Waals surface area contributed by atoms with Crippen LogP contribution in [0.2, 0.25) is 0 Å². The van der Waals surface area contributed by atoms with E-state index in [-0.39, 0.29) is 44.8 Å². The van der Waals surface area contributed by atoms with Crippen molar-refractivity contribution in [3.63, 3.8) is 0 Å². The maximum absolute atomic E-state index is 13.7. The molecule has 1 aromatic heterocycles. The molecule has 1 aliphatic heterocycles. The first kappa shape index (κ1) is 40.2. The molecule has 12 heteroatoms. The predicted octanol–water partition coefficient (Wildman–Crippen LogP) is 8.36. The van der Waals surface area contributed by atoms with Gasteiger partial charge in [-0.2, -0.15) is 0 Å². The van der Waals surface area contributed by atoms with Gasteiger partial charge < -0.3 is 32.8 Å². The molecule has 4 atom stereocenters. The number of ether oxygens (including phenoxy) is 6. The van der Waals surface area contributed by atoms with E-state index in [1.165, 1.54) is 24.5 Å². The van der Waals surface area contributed by atoms with Gasteiger partial charge in [-0.1, -0.05) is 86.5 Å². The van der Waals surface area contributed by atoms with E-state index in [0.717, 1.165) is 19.3 Å². The van der Waals surface area contributed by atoms with Crippen molar-refractivity contribution in [2.24, 2.45) is 0 Å². The van der Waals surface area contributed by atoms with Crippen LogP contribution in [0.1, 0.15) is 63.7 Å². The molecule has 59 heavy (non-hydrogen) atoms. The normalized spacial score (nSPS) is 17.2. The van der Waals surface area contributed by atoms with Gasteiger partial charge in [-0.05, 0) is 72.6 Å². The molecular formula is C47H40O12. The summed E-state index contributed by atoms with van der Waals surface area (Å²) in [6.45, 7) is 1.67. The average Bonchev–Trinajstić information content (AvgIpc) is 3.57. The minimum atomic E-state index is -1.39. The lowest BCUT2D eigenvalue weighted by atomic mass is 10.1. The third-order valence-corrected chi connectivity index (χ3v) is 9.54. The number of esters is 4. The Balaban J connectivity index is 1.14. The number of carbonyl (C=O) groups excluding carboxylic acids is 4. The molecule has 1 saturated heterocycles. The zero-order chi connectivity index (χ0) is 41.1. The fourth-order valence-corrected chi connectivity index (χ4v) is 6.45. The zero-order valence-electron chi connectivity index (χ0n) is 32.0. The van der Waals surface area contributed by atoms with Gasteiger partial charge >= 0.3 is 23.9 Å². The average molecular weight is 797 g/mol. The summed E-state index contributed by atoms with van der Waals surface area (Å²) in [6.07, 6.45) is -0.851. The van der Waals surface area contributed by atoms with Crippen molar-refractivity contribution in [1.29, 1.82) is 0 Å². The maximum atomic E-state index is 13.7. The summed E-state index contributed by atoms with van der Waals surface area (Å²) in [5.74, 6) is -1.90. The molecule has 1 aliphatic rings. The van der Waals surface area contributed by atoms with Crippen molar-refractivity contribution in [2.75, 3.05) is 6.61 Å². The van der Waals surface area contributed by atoms with E-state index in [4.69, 9.17) is 32.8 Å². The van der Waals surface area contributed by atoms with Crippen LogP contribution in [0, 0.1) is 0 Å². The van der Waals surface area contributed by atoms with E-state index in [1.807, 2.05) is 0 Å². The summed E-state index contributed by atoms with van der Waals surface area (Å²) < 4.78 is 41.4. The fourth-order valence-electron chi connectivity index (χ4n) is 6.45. The lowest BCUT2D eigenvalue weighted by molar-refractivity contribution is -0.134. The van der Waals surface area contributed by atoms with Gasteiger partial charge in [-0.15, -0.1) is 0 Å². The Kier molecular flexibility index (Phi) is 12.9. The molecule has 0 aliphatic carbocycles. The number of carbonyl (C=O) groups is 4. The molecule has 0 bridgehead atoms. The van der Waals surface area contributed by atoms with Crippen LogP contribution in [0.15, 0.2) is 149 Å². The van der Waals surface area contributed by atoms with E-state index in [2.05, 4.69) is 6.92 Å². The van der Waals surface area contributed by atoms with Gasteiger partial charge in [0.25, 0.3) is 0 Å². The second kappa shape index (κ2) is 18.9. The number of hydrogen-bond donors (Lipinski definition) is 0. The van der Waals surface area contributed by atoms with Crippen LogP contribution in [-0.2, 0) is 23.7 Å². The molecule has 0 radical (unpaired) electrons. The Bertz CT molecular complexity index is 2450. The molecule has 12 nitrogen and oxygen atoms in total. The number of benzene rings is 5.